The van der Waals surface area contributed by atoms with Crippen LogP contribution in [0.25, 0.3) is 0 Å². The molecule has 0 bridgehead atoms. The molecule has 0 atom stereocenters. The predicted octanol–water partition coefficient (Wildman–Crippen LogP) is 6.29. The van der Waals surface area contributed by atoms with Crippen LogP contribution in [-0.4, -0.2) is 0 Å². The summed E-state index contributed by atoms with van der Waals surface area (Å²) in [5.74, 6) is 0. The molecular weight excluding hydrogens is 304 g/mol. The molecule has 0 aliphatic carbocycles. The molecule has 0 saturated carbocycles. The Bertz CT molecular complexity index is 692. The quantitative estimate of drug-likeness (QED) is 0.517. The van der Waals surface area contributed by atoms with Gasteiger partial charge in [-0.05, 0) is 49.6 Å². The Labute approximate surface area is 141 Å². The first-order valence-corrected chi connectivity index (χ1v) is 9.55. The fraction of sp³-hybridized carbons (Fsp3) is 0.300. The summed E-state index contributed by atoms with van der Waals surface area (Å²) in [5.41, 5.74) is 1.33. The number of rotatable bonds is 5. The number of thiophene rings is 2. The molecule has 0 amide bonds. The van der Waals surface area contributed by atoms with E-state index in [0.29, 0.717) is 0 Å². The SMILES string of the molecule is CCc1ccc(C(C)(c2ccccc2)c2ccc(CC)s2)s1. The zero-order valence-corrected chi connectivity index (χ0v) is 15.1. The topological polar surface area (TPSA) is 0 Å². The van der Waals surface area contributed by atoms with Gasteiger partial charge in [-0.3, -0.25) is 0 Å². The molecule has 0 saturated heterocycles. The van der Waals surface area contributed by atoms with E-state index in [4.69, 9.17) is 0 Å². The largest absolute Gasteiger partial charge is 0.144 e. The molecule has 0 radical (unpaired) electrons. The normalized spacial score (nSPS) is 11.8. The van der Waals surface area contributed by atoms with Gasteiger partial charge in [0.05, 0.1) is 5.41 Å². The van der Waals surface area contributed by atoms with E-state index >= 15 is 0 Å². The Morgan fingerprint density at radius 1 is 0.727 bits per heavy atom. The molecule has 0 aliphatic rings. The lowest BCUT2D eigenvalue weighted by Crippen LogP contribution is -2.22. The van der Waals surface area contributed by atoms with Gasteiger partial charge in [-0.1, -0.05) is 44.2 Å². The Kier molecular flexibility index (Phi) is 4.51. The van der Waals surface area contributed by atoms with Crippen molar-refractivity contribution in [2.75, 3.05) is 0 Å². The molecular formula is C20H22S2. The van der Waals surface area contributed by atoms with Gasteiger partial charge in [0.1, 0.15) is 0 Å². The third kappa shape index (κ3) is 2.66. The molecule has 1 aromatic carbocycles. The van der Waals surface area contributed by atoms with Crippen LogP contribution in [0.3, 0.4) is 0 Å². The average Bonchev–Trinajstić information content (AvgIpc) is 3.24. The maximum atomic E-state index is 2.37. The number of hydrogen-bond donors (Lipinski definition) is 0. The van der Waals surface area contributed by atoms with E-state index in [9.17, 15) is 0 Å². The Morgan fingerprint density at radius 2 is 1.23 bits per heavy atom. The fourth-order valence-electron chi connectivity index (χ4n) is 2.85. The highest BCUT2D eigenvalue weighted by atomic mass is 32.1. The first kappa shape index (κ1) is 15.5. The molecule has 0 fully saturated rings. The summed E-state index contributed by atoms with van der Waals surface area (Å²) < 4.78 is 0. The maximum Gasteiger partial charge on any atom is 0.0610 e. The van der Waals surface area contributed by atoms with E-state index in [-0.39, 0.29) is 5.41 Å². The number of aryl methyl sites for hydroxylation is 2. The summed E-state index contributed by atoms with van der Waals surface area (Å²) in [6, 6.07) is 20.1. The Balaban J connectivity index is 2.17. The van der Waals surface area contributed by atoms with Crippen molar-refractivity contribution in [3.63, 3.8) is 0 Å². The van der Waals surface area contributed by atoms with E-state index in [2.05, 4.69) is 75.4 Å². The Morgan fingerprint density at radius 3 is 1.64 bits per heavy atom. The fourth-order valence-corrected chi connectivity index (χ4v) is 5.18. The minimum atomic E-state index is -0.0442. The van der Waals surface area contributed by atoms with Crippen molar-refractivity contribution in [2.24, 2.45) is 0 Å². The van der Waals surface area contributed by atoms with Crippen LogP contribution in [0.4, 0.5) is 0 Å². The highest BCUT2D eigenvalue weighted by Gasteiger charge is 2.33. The standard InChI is InChI=1S/C20H22S2/c1-4-16-11-13-18(21-16)20(3,15-9-7-6-8-10-15)19-14-12-17(5-2)22-19/h6-14H,4-5H2,1-3H3. The molecule has 3 aromatic rings. The average molecular weight is 327 g/mol. The molecule has 2 heteroatoms. The number of benzene rings is 1. The van der Waals surface area contributed by atoms with Gasteiger partial charge in [0.25, 0.3) is 0 Å². The first-order valence-electron chi connectivity index (χ1n) is 7.92. The smallest absolute Gasteiger partial charge is 0.0610 e. The van der Waals surface area contributed by atoms with Gasteiger partial charge >= 0.3 is 0 Å². The van der Waals surface area contributed by atoms with Gasteiger partial charge in [-0.15, -0.1) is 22.7 Å². The molecule has 2 heterocycles. The van der Waals surface area contributed by atoms with Crippen molar-refractivity contribution in [2.45, 2.75) is 39.0 Å². The molecule has 0 N–H and O–H groups in total. The van der Waals surface area contributed by atoms with Crippen molar-refractivity contribution in [3.8, 4) is 0 Å². The lowest BCUT2D eigenvalue weighted by molar-refractivity contribution is 0.726. The van der Waals surface area contributed by atoms with Gasteiger partial charge < -0.3 is 0 Å². The maximum absolute atomic E-state index is 2.37. The molecule has 22 heavy (non-hydrogen) atoms. The second kappa shape index (κ2) is 6.39. The van der Waals surface area contributed by atoms with Crippen molar-refractivity contribution in [3.05, 3.63) is 79.7 Å². The van der Waals surface area contributed by atoms with Gasteiger partial charge in [-0.25, -0.2) is 0 Å². The van der Waals surface area contributed by atoms with E-state index in [0.717, 1.165) is 12.8 Å². The van der Waals surface area contributed by atoms with Gasteiger partial charge in [0.15, 0.2) is 0 Å². The summed E-state index contributed by atoms with van der Waals surface area (Å²) in [5, 5.41) is 0. The molecule has 0 aliphatic heterocycles. The monoisotopic (exact) mass is 326 g/mol. The van der Waals surface area contributed by atoms with Gasteiger partial charge in [0.2, 0.25) is 0 Å². The van der Waals surface area contributed by atoms with Crippen LogP contribution in [0.5, 0.6) is 0 Å². The third-order valence-corrected chi connectivity index (χ3v) is 7.26. The summed E-state index contributed by atoms with van der Waals surface area (Å²) in [4.78, 5) is 5.81. The van der Waals surface area contributed by atoms with E-state index in [1.807, 2.05) is 22.7 Å². The molecule has 0 spiro atoms. The zero-order chi connectivity index (χ0) is 15.6. The highest BCUT2D eigenvalue weighted by molar-refractivity contribution is 7.13. The molecule has 114 valence electrons. The van der Waals surface area contributed by atoms with Crippen LogP contribution in [0.1, 0.15) is 45.8 Å². The minimum absolute atomic E-state index is 0.0442. The van der Waals surface area contributed by atoms with Crippen LogP contribution in [0.2, 0.25) is 0 Å². The molecule has 2 aromatic heterocycles. The van der Waals surface area contributed by atoms with Crippen molar-refractivity contribution < 1.29 is 0 Å². The molecule has 3 rings (SSSR count). The Hall–Kier alpha value is -1.38. The lowest BCUT2D eigenvalue weighted by Gasteiger charge is -2.28. The van der Waals surface area contributed by atoms with Crippen LogP contribution >= 0.6 is 22.7 Å². The summed E-state index contributed by atoms with van der Waals surface area (Å²) >= 11 is 3.91. The van der Waals surface area contributed by atoms with Gasteiger partial charge in [0, 0.05) is 19.5 Å². The third-order valence-electron chi connectivity index (χ3n) is 4.36. The minimum Gasteiger partial charge on any atom is -0.144 e. The zero-order valence-electron chi connectivity index (χ0n) is 13.4. The second-order valence-corrected chi connectivity index (χ2v) is 8.07. The van der Waals surface area contributed by atoms with Crippen LogP contribution < -0.4 is 0 Å². The highest BCUT2D eigenvalue weighted by Crippen LogP contribution is 2.44. The van der Waals surface area contributed by atoms with Crippen molar-refractivity contribution in [1.29, 1.82) is 0 Å². The lowest BCUT2D eigenvalue weighted by atomic mass is 9.79. The second-order valence-electron chi connectivity index (χ2n) is 5.73. The van der Waals surface area contributed by atoms with Crippen molar-refractivity contribution in [1.82, 2.24) is 0 Å². The summed E-state index contributed by atoms with van der Waals surface area (Å²) in [6.07, 6.45) is 2.22. The summed E-state index contributed by atoms with van der Waals surface area (Å²) in [6.45, 7) is 6.84. The number of hydrogen-bond acceptors (Lipinski definition) is 2. The molecule has 0 unspecified atom stereocenters. The van der Waals surface area contributed by atoms with E-state index < -0.39 is 0 Å². The van der Waals surface area contributed by atoms with E-state index in [1.54, 1.807) is 0 Å². The van der Waals surface area contributed by atoms with Gasteiger partial charge in [-0.2, -0.15) is 0 Å². The predicted molar refractivity (Wildman–Crippen MR) is 99.4 cm³/mol. The van der Waals surface area contributed by atoms with Crippen LogP contribution in [-0.2, 0) is 18.3 Å². The first-order chi connectivity index (χ1) is 10.7. The van der Waals surface area contributed by atoms with Crippen molar-refractivity contribution >= 4 is 22.7 Å². The summed E-state index contributed by atoms with van der Waals surface area (Å²) in [7, 11) is 0. The van der Waals surface area contributed by atoms with E-state index in [1.165, 1.54) is 25.1 Å². The van der Waals surface area contributed by atoms with Crippen LogP contribution in [0.15, 0.2) is 54.6 Å². The molecule has 0 nitrogen and oxygen atoms in total. The van der Waals surface area contributed by atoms with Crippen LogP contribution in [0, 0.1) is 0 Å².